The van der Waals surface area contributed by atoms with Crippen LogP contribution in [-0.4, -0.2) is 65.7 Å². The van der Waals surface area contributed by atoms with Crippen molar-refractivity contribution in [2.45, 2.75) is 44.0 Å². The van der Waals surface area contributed by atoms with Crippen LogP contribution in [0.5, 0.6) is 11.5 Å². The Morgan fingerprint density at radius 2 is 1.80 bits per heavy atom. The van der Waals surface area contributed by atoms with Gasteiger partial charge in [-0.25, -0.2) is 26.5 Å². The third-order valence-corrected chi connectivity index (χ3v) is 11.6. The molecular formula is C32H38ClF3N4O4S. The minimum Gasteiger partial charge on any atom is -0.497 e. The van der Waals surface area contributed by atoms with Crippen LogP contribution >= 0.6 is 11.6 Å². The summed E-state index contributed by atoms with van der Waals surface area (Å²) in [5.74, 6) is -2.90. The number of aromatic nitrogens is 1. The summed E-state index contributed by atoms with van der Waals surface area (Å²) in [5, 5.41) is -0.487. The Balaban J connectivity index is 1.53. The second-order valence-electron chi connectivity index (χ2n) is 11.8. The normalized spacial score (nSPS) is 19.6. The monoisotopic (exact) mass is 666 g/mol. The standard InChI is InChI=1S/C32H38ClF3N4O4S/c1-5-32(22-11-14-38(2)15-12-22)13-16-39(20-32)25-18-24(34)31(30(36)29(25)33)45(41,42)40(28-8-6-7-27(35)37-28)19-21-9-10-23(43-3)17-26(21)44-4/h6-10,17-18,22H,5,11-16,19-20H2,1-4H3. The summed E-state index contributed by atoms with van der Waals surface area (Å²) in [4.78, 5) is 6.64. The fraction of sp³-hybridized carbons (Fsp3) is 0.469. The van der Waals surface area contributed by atoms with Crippen molar-refractivity contribution >= 4 is 33.1 Å². The molecule has 1 aromatic heterocycles. The van der Waals surface area contributed by atoms with Gasteiger partial charge in [0, 0.05) is 30.8 Å². The molecule has 0 aliphatic carbocycles. The number of ether oxygens (including phenoxy) is 2. The zero-order valence-corrected chi connectivity index (χ0v) is 27.4. The molecule has 5 rings (SSSR count). The van der Waals surface area contributed by atoms with Crippen LogP contribution in [0.1, 0.15) is 38.2 Å². The molecule has 1 unspecified atom stereocenters. The first-order chi connectivity index (χ1) is 21.4. The first kappa shape index (κ1) is 33.2. The van der Waals surface area contributed by atoms with Crippen molar-refractivity contribution in [3.8, 4) is 11.5 Å². The second-order valence-corrected chi connectivity index (χ2v) is 14.0. The Morgan fingerprint density at radius 3 is 2.44 bits per heavy atom. The van der Waals surface area contributed by atoms with E-state index in [9.17, 15) is 12.8 Å². The van der Waals surface area contributed by atoms with Crippen molar-refractivity contribution in [1.82, 2.24) is 9.88 Å². The van der Waals surface area contributed by atoms with E-state index in [0.29, 0.717) is 34.6 Å². The van der Waals surface area contributed by atoms with E-state index in [1.54, 1.807) is 12.1 Å². The molecule has 3 heterocycles. The zero-order valence-electron chi connectivity index (χ0n) is 25.8. The highest BCUT2D eigenvalue weighted by Crippen LogP contribution is 2.48. The molecule has 3 aromatic rings. The van der Waals surface area contributed by atoms with Gasteiger partial charge in [0.1, 0.15) is 28.2 Å². The van der Waals surface area contributed by atoms with Crippen LogP contribution in [-0.2, 0) is 16.6 Å². The van der Waals surface area contributed by atoms with Crippen molar-refractivity contribution in [2.24, 2.45) is 11.3 Å². The molecule has 2 aliphatic heterocycles. The lowest BCUT2D eigenvalue weighted by Crippen LogP contribution is -2.41. The summed E-state index contributed by atoms with van der Waals surface area (Å²) in [6.45, 7) is 4.78. The Labute approximate surface area is 267 Å². The minimum absolute atomic E-state index is 0.0282. The second kappa shape index (κ2) is 13.3. The molecule has 0 bridgehead atoms. The van der Waals surface area contributed by atoms with E-state index in [2.05, 4.69) is 23.9 Å². The number of hydrogen-bond donors (Lipinski definition) is 0. The highest BCUT2D eigenvalue weighted by atomic mass is 35.5. The van der Waals surface area contributed by atoms with Crippen molar-refractivity contribution in [1.29, 1.82) is 0 Å². The van der Waals surface area contributed by atoms with E-state index in [-0.39, 0.29) is 22.7 Å². The van der Waals surface area contributed by atoms with Gasteiger partial charge >= 0.3 is 0 Å². The van der Waals surface area contributed by atoms with E-state index in [1.807, 2.05) is 4.90 Å². The first-order valence-corrected chi connectivity index (χ1v) is 16.7. The van der Waals surface area contributed by atoms with Crippen molar-refractivity contribution in [2.75, 3.05) is 56.7 Å². The van der Waals surface area contributed by atoms with Gasteiger partial charge in [-0.2, -0.15) is 4.39 Å². The molecule has 0 amide bonds. The van der Waals surface area contributed by atoms with Crippen molar-refractivity contribution in [3.05, 3.63) is 70.6 Å². The lowest BCUT2D eigenvalue weighted by molar-refractivity contribution is 0.0979. The van der Waals surface area contributed by atoms with Crippen LogP contribution in [0.4, 0.5) is 24.7 Å². The van der Waals surface area contributed by atoms with Crippen LogP contribution in [0.3, 0.4) is 0 Å². The molecule has 2 saturated heterocycles. The molecule has 244 valence electrons. The number of piperidine rings is 1. The fourth-order valence-electron chi connectivity index (χ4n) is 6.74. The maximum atomic E-state index is 16.1. The third-order valence-electron chi connectivity index (χ3n) is 9.42. The maximum absolute atomic E-state index is 16.1. The summed E-state index contributed by atoms with van der Waals surface area (Å²) < 4.78 is 85.9. The molecule has 0 saturated carbocycles. The molecule has 0 spiro atoms. The average molecular weight is 667 g/mol. The summed E-state index contributed by atoms with van der Waals surface area (Å²) in [7, 11) is -0.0762. The van der Waals surface area contributed by atoms with E-state index in [0.717, 1.165) is 50.9 Å². The summed E-state index contributed by atoms with van der Waals surface area (Å²) in [6, 6.07) is 9.17. The van der Waals surface area contributed by atoms with Crippen LogP contribution in [0.15, 0.2) is 47.4 Å². The fourth-order valence-corrected chi connectivity index (χ4v) is 8.57. The van der Waals surface area contributed by atoms with Crippen molar-refractivity contribution in [3.63, 3.8) is 0 Å². The van der Waals surface area contributed by atoms with Gasteiger partial charge in [-0.1, -0.05) is 24.6 Å². The van der Waals surface area contributed by atoms with Crippen molar-refractivity contribution < 1.29 is 31.1 Å². The van der Waals surface area contributed by atoms with E-state index in [4.69, 9.17) is 21.1 Å². The average Bonchev–Trinajstić information content (AvgIpc) is 3.47. The number of halogens is 4. The summed E-state index contributed by atoms with van der Waals surface area (Å²) in [6.07, 6.45) is 3.86. The smallest absolute Gasteiger partial charge is 0.271 e. The topological polar surface area (TPSA) is 75.2 Å². The first-order valence-electron chi connectivity index (χ1n) is 14.9. The van der Waals surface area contributed by atoms with Gasteiger partial charge in [-0.3, -0.25) is 0 Å². The predicted octanol–water partition coefficient (Wildman–Crippen LogP) is 6.51. The number of pyridine rings is 1. The molecule has 8 nitrogen and oxygen atoms in total. The molecule has 2 fully saturated rings. The number of nitrogens with zero attached hydrogens (tertiary/aromatic N) is 4. The quantitative estimate of drug-likeness (QED) is 0.180. The largest absolute Gasteiger partial charge is 0.497 e. The Bertz CT molecular complexity index is 1660. The highest BCUT2D eigenvalue weighted by Gasteiger charge is 2.45. The van der Waals surface area contributed by atoms with E-state index in [1.165, 1.54) is 32.4 Å². The molecule has 13 heteroatoms. The zero-order chi connectivity index (χ0) is 32.5. The van der Waals surface area contributed by atoms with Crippen LogP contribution in [0.2, 0.25) is 5.02 Å². The minimum atomic E-state index is -5.02. The molecule has 45 heavy (non-hydrogen) atoms. The van der Waals surface area contributed by atoms with Gasteiger partial charge in [-0.15, -0.1) is 0 Å². The molecule has 2 aromatic carbocycles. The molecule has 0 N–H and O–H groups in total. The summed E-state index contributed by atoms with van der Waals surface area (Å²) in [5.41, 5.74) is 0.402. The number of benzene rings is 2. The Morgan fingerprint density at radius 1 is 1.07 bits per heavy atom. The lowest BCUT2D eigenvalue weighted by Gasteiger charge is -2.41. The Kier molecular flexibility index (Phi) is 9.76. The molecule has 0 radical (unpaired) electrons. The van der Waals surface area contributed by atoms with Gasteiger partial charge in [-0.05, 0) is 81.4 Å². The SMILES string of the molecule is CCC1(C2CCN(C)CC2)CCN(c2cc(F)c(S(=O)(=O)N(Cc3ccc(OC)cc3OC)c3cccc(F)n3)c(F)c2Cl)C1. The number of hydrogen-bond acceptors (Lipinski definition) is 7. The number of likely N-dealkylation sites (tertiary alicyclic amines) is 1. The van der Waals surface area contributed by atoms with Crippen LogP contribution < -0.4 is 18.7 Å². The van der Waals surface area contributed by atoms with Gasteiger partial charge < -0.3 is 19.3 Å². The number of sulfonamides is 1. The van der Waals surface area contributed by atoms with E-state index < -0.39 is 44.1 Å². The van der Waals surface area contributed by atoms with Gasteiger partial charge in [0.25, 0.3) is 10.0 Å². The molecule has 2 aliphatic rings. The lowest BCUT2D eigenvalue weighted by atomic mass is 9.68. The van der Waals surface area contributed by atoms with Crippen LogP contribution in [0, 0.1) is 28.9 Å². The maximum Gasteiger partial charge on any atom is 0.271 e. The Hall–Kier alpha value is -3.22. The number of anilines is 2. The molecular weight excluding hydrogens is 629 g/mol. The number of methoxy groups -OCH3 is 2. The highest BCUT2D eigenvalue weighted by molar-refractivity contribution is 7.92. The van der Waals surface area contributed by atoms with Gasteiger partial charge in [0.05, 0.1) is 26.5 Å². The number of rotatable bonds is 10. The predicted molar refractivity (Wildman–Crippen MR) is 168 cm³/mol. The van der Waals surface area contributed by atoms with Crippen LogP contribution in [0.25, 0.3) is 0 Å². The molecule has 1 atom stereocenters. The summed E-state index contributed by atoms with van der Waals surface area (Å²) >= 11 is 6.53. The van der Waals surface area contributed by atoms with Gasteiger partial charge in [0.15, 0.2) is 10.7 Å². The van der Waals surface area contributed by atoms with E-state index >= 15 is 8.78 Å². The van der Waals surface area contributed by atoms with Gasteiger partial charge in [0.2, 0.25) is 5.95 Å². The third kappa shape index (κ3) is 6.41.